The fourth-order valence-electron chi connectivity index (χ4n) is 8.37. The van der Waals surface area contributed by atoms with Crippen molar-refractivity contribution in [2.75, 3.05) is 9.80 Å². The van der Waals surface area contributed by atoms with Crippen LogP contribution < -0.4 is 9.80 Å². The third kappa shape index (κ3) is 5.50. The zero-order valence-electron chi connectivity index (χ0n) is 31.2. The van der Waals surface area contributed by atoms with Crippen molar-refractivity contribution in [1.29, 1.82) is 0 Å². The third-order valence-electron chi connectivity index (χ3n) is 10.8. The Morgan fingerprint density at radius 3 is 1.53 bits per heavy atom. The monoisotopic (exact) mass is 726 g/mol. The molecule has 0 aliphatic carbocycles. The average molecular weight is 727 g/mol. The summed E-state index contributed by atoms with van der Waals surface area (Å²) in [4.78, 5) is 14.7. The van der Waals surface area contributed by atoms with Gasteiger partial charge in [-0.15, -0.1) is 11.3 Å². The first-order valence-electron chi connectivity index (χ1n) is 18.8. The van der Waals surface area contributed by atoms with E-state index >= 15 is 0 Å². The first-order valence-corrected chi connectivity index (χ1v) is 19.6. The molecule has 3 heterocycles. The normalized spacial score (nSPS) is 11.6. The zero-order valence-corrected chi connectivity index (χ0v) is 32.0. The summed E-state index contributed by atoms with van der Waals surface area (Å²) < 4.78 is 2.50. The van der Waals surface area contributed by atoms with E-state index in [4.69, 9.17) is 9.97 Å². The van der Waals surface area contributed by atoms with Gasteiger partial charge in [0.1, 0.15) is 0 Å². The Kier molecular flexibility index (Phi) is 7.86. The number of fused-ring (bicyclic) bond motifs is 7. The van der Waals surface area contributed by atoms with Crippen LogP contribution in [0.2, 0.25) is 0 Å². The van der Waals surface area contributed by atoms with Crippen molar-refractivity contribution in [2.24, 2.45) is 0 Å². The number of hydrogen-bond acceptors (Lipinski definition) is 5. The largest absolute Gasteiger partial charge is 0.308 e. The van der Waals surface area contributed by atoms with Crippen molar-refractivity contribution in [3.05, 3.63) is 181 Å². The van der Waals surface area contributed by atoms with Gasteiger partial charge >= 0.3 is 0 Å². The van der Waals surface area contributed by atoms with Gasteiger partial charge in [-0.25, -0.2) is 0 Å². The van der Waals surface area contributed by atoms with Crippen LogP contribution in [0.25, 0.3) is 52.5 Å². The Morgan fingerprint density at radius 2 is 0.909 bits per heavy atom. The Morgan fingerprint density at radius 1 is 0.382 bits per heavy atom. The van der Waals surface area contributed by atoms with E-state index in [1.165, 1.54) is 52.5 Å². The van der Waals surface area contributed by atoms with Crippen LogP contribution in [0.1, 0.15) is 22.8 Å². The molecule has 5 heteroatoms. The molecular weight excluding hydrogens is 689 g/mol. The number of anilines is 6. The molecule has 0 amide bonds. The SMILES string of the molecule is Cc1ccc(N(c2ccc3sc4cc(N(c5ccc(C)nc5C)c5cccc6ccccc56)c5ccccc5c4c3c2)c2cccc3ccccc23)c(C)n1. The minimum absolute atomic E-state index is 0.993. The molecule has 0 bridgehead atoms. The lowest BCUT2D eigenvalue weighted by Crippen LogP contribution is -2.13. The molecule has 55 heavy (non-hydrogen) atoms. The number of hydrogen-bond donors (Lipinski definition) is 0. The maximum atomic E-state index is 4.96. The van der Waals surface area contributed by atoms with E-state index in [0.29, 0.717) is 0 Å². The summed E-state index contributed by atoms with van der Waals surface area (Å²) in [5.74, 6) is 0. The highest BCUT2D eigenvalue weighted by molar-refractivity contribution is 7.26. The molecule has 0 aliphatic rings. The number of aryl methyl sites for hydroxylation is 4. The predicted molar refractivity (Wildman–Crippen MR) is 236 cm³/mol. The van der Waals surface area contributed by atoms with Gasteiger partial charge in [-0.3, -0.25) is 9.97 Å². The molecular formula is C50H38N4S. The van der Waals surface area contributed by atoms with Gasteiger partial charge in [0, 0.05) is 53.4 Å². The summed E-state index contributed by atoms with van der Waals surface area (Å²) in [5.41, 5.74) is 10.6. The van der Waals surface area contributed by atoms with Crippen LogP contribution in [0.4, 0.5) is 34.1 Å². The maximum absolute atomic E-state index is 4.96. The van der Waals surface area contributed by atoms with Crippen molar-refractivity contribution < 1.29 is 0 Å². The lowest BCUT2D eigenvalue weighted by Gasteiger charge is -2.29. The molecule has 0 fully saturated rings. The summed E-state index contributed by atoms with van der Waals surface area (Å²) in [6.07, 6.45) is 0. The summed E-state index contributed by atoms with van der Waals surface area (Å²) in [7, 11) is 0. The number of thiophene rings is 1. The molecule has 4 nitrogen and oxygen atoms in total. The zero-order chi connectivity index (χ0) is 37.2. The quantitative estimate of drug-likeness (QED) is 0.171. The van der Waals surface area contributed by atoms with Crippen LogP contribution in [0.5, 0.6) is 0 Å². The highest BCUT2D eigenvalue weighted by Crippen LogP contribution is 2.49. The van der Waals surface area contributed by atoms with Gasteiger partial charge in [0.15, 0.2) is 0 Å². The van der Waals surface area contributed by atoms with E-state index < -0.39 is 0 Å². The molecule has 7 aromatic carbocycles. The standard InChI is InChI=1S/C50H38N4S/c1-31-23-26-43(33(3)51-31)53(45-21-11-15-35-13-5-7-17-38(35)45)37-25-28-48-42(29-37)50-41-20-10-9-19-40(41)47(30-49(50)55-48)54(44-27-24-32(2)52-34(44)4)46-22-12-16-36-14-6-8-18-39(36)46/h5-30H,1-4H3. The first-order chi connectivity index (χ1) is 26.9. The topological polar surface area (TPSA) is 32.3 Å². The maximum Gasteiger partial charge on any atom is 0.0674 e. The lowest BCUT2D eigenvalue weighted by atomic mass is 9.99. The van der Waals surface area contributed by atoms with Gasteiger partial charge in [-0.2, -0.15) is 0 Å². The molecule has 0 spiro atoms. The van der Waals surface area contributed by atoms with Crippen LogP contribution in [0.3, 0.4) is 0 Å². The van der Waals surface area contributed by atoms with Crippen molar-refractivity contribution in [2.45, 2.75) is 27.7 Å². The fourth-order valence-corrected chi connectivity index (χ4v) is 9.51. The van der Waals surface area contributed by atoms with Crippen molar-refractivity contribution in [3.63, 3.8) is 0 Å². The molecule has 0 N–H and O–H groups in total. The highest BCUT2D eigenvalue weighted by Gasteiger charge is 2.24. The molecule has 3 aromatic heterocycles. The molecule has 0 saturated heterocycles. The second-order valence-electron chi connectivity index (χ2n) is 14.4. The smallest absolute Gasteiger partial charge is 0.0674 e. The minimum atomic E-state index is 0.993. The molecule has 0 saturated carbocycles. The van der Waals surface area contributed by atoms with Crippen LogP contribution in [0.15, 0.2) is 158 Å². The second kappa shape index (κ2) is 13.1. The van der Waals surface area contributed by atoms with Gasteiger partial charge < -0.3 is 9.80 Å². The van der Waals surface area contributed by atoms with Crippen LogP contribution >= 0.6 is 11.3 Å². The molecule has 10 rings (SSSR count). The number of aromatic nitrogens is 2. The summed E-state index contributed by atoms with van der Waals surface area (Å²) in [6, 6.07) is 57.4. The molecule has 0 unspecified atom stereocenters. The van der Waals surface area contributed by atoms with Gasteiger partial charge in [-0.05, 0) is 105 Å². The van der Waals surface area contributed by atoms with E-state index in [2.05, 4.69) is 195 Å². The number of rotatable bonds is 6. The van der Waals surface area contributed by atoms with E-state index in [-0.39, 0.29) is 0 Å². The van der Waals surface area contributed by atoms with Gasteiger partial charge in [0.2, 0.25) is 0 Å². The molecule has 10 aromatic rings. The second-order valence-corrected chi connectivity index (χ2v) is 15.5. The van der Waals surface area contributed by atoms with Crippen LogP contribution in [-0.4, -0.2) is 9.97 Å². The summed E-state index contributed by atoms with van der Waals surface area (Å²) in [5, 5.41) is 9.75. The van der Waals surface area contributed by atoms with Crippen molar-refractivity contribution in [1.82, 2.24) is 9.97 Å². The Bertz CT molecular complexity index is 3110. The fraction of sp³-hybridized carbons (Fsp3) is 0.0800. The minimum Gasteiger partial charge on any atom is -0.308 e. The number of nitrogens with zero attached hydrogens (tertiary/aromatic N) is 4. The van der Waals surface area contributed by atoms with Crippen LogP contribution in [-0.2, 0) is 0 Å². The first kappa shape index (κ1) is 33.0. The molecule has 264 valence electrons. The average Bonchev–Trinajstić information content (AvgIpc) is 3.58. The molecule has 0 atom stereocenters. The van der Waals surface area contributed by atoms with E-state index in [1.54, 1.807) is 0 Å². The Balaban J connectivity index is 1.25. The Labute approximate surface area is 324 Å². The lowest BCUT2D eigenvalue weighted by molar-refractivity contribution is 1.10. The molecule has 0 aliphatic heterocycles. The number of pyridine rings is 2. The molecule has 0 radical (unpaired) electrons. The summed E-state index contributed by atoms with van der Waals surface area (Å²) >= 11 is 1.86. The van der Waals surface area contributed by atoms with E-state index in [1.807, 2.05) is 11.3 Å². The highest BCUT2D eigenvalue weighted by atomic mass is 32.1. The van der Waals surface area contributed by atoms with Gasteiger partial charge in [0.05, 0.1) is 39.8 Å². The predicted octanol–water partition coefficient (Wildman–Crippen LogP) is 14.5. The van der Waals surface area contributed by atoms with Crippen LogP contribution in [0, 0.1) is 27.7 Å². The number of benzene rings is 7. The van der Waals surface area contributed by atoms with Gasteiger partial charge in [0.25, 0.3) is 0 Å². The summed E-state index contributed by atoms with van der Waals surface area (Å²) in [6.45, 7) is 8.35. The van der Waals surface area contributed by atoms with Crippen molar-refractivity contribution >= 4 is 98.0 Å². The van der Waals surface area contributed by atoms with Gasteiger partial charge in [-0.1, -0.05) is 97.1 Å². The Hall–Kier alpha value is -6.56. The van der Waals surface area contributed by atoms with E-state index in [0.717, 1.165) is 56.9 Å². The van der Waals surface area contributed by atoms with Crippen molar-refractivity contribution in [3.8, 4) is 0 Å². The van der Waals surface area contributed by atoms with E-state index in [9.17, 15) is 0 Å². The third-order valence-corrected chi connectivity index (χ3v) is 11.9.